The summed E-state index contributed by atoms with van der Waals surface area (Å²) in [5.41, 5.74) is -3.52. The van der Waals surface area contributed by atoms with Gasteiger partial charge in [-0.25, -0.2) is 23.7 Å². The molecule has 0 amide bonds. The molecule has 6 atom stereocenters. The van der Waals surface area contributed by atoms with Gasteiger partial charge in [-0.15, -0.1) is 0 Å². The molecule has 4 rings (SSSR count). The normalized spacial score (nSPS) is 24.2. The standard InChI is InChI=1S/C26H31FN5O9P/c1-15(2)39-23(35)16(3)31-42(37,41-18-8-6-17(7-9-18)22-28-11-5-12-29-22)38-14-19-21(34)26(4,27)24(40-19)32-13-10-20(33)30-25(32)36/h5-13,15-16,19,21,24,34H,14H2,1-4H3,(H,31,37)(H,30,33,36). The third-order valence-electron chi connectivity index (χ3n) is 6.19. The highest BCUT2D eigenvalue weighted by Crippen LogP contribution is 2.47. The molecule has 1 aliphatic rings. The van der Waals surface area contributed by atoms with E-state index >= 15 is 4.39 Å². The number of hydrogen-bond acceptors (Lipinski definition) is 11. The summed E-state index contributed by atoms with van der Waals surface area (Å²) in [7, 11) is -4.42. The van der Waals surface area contributed by atoms with Crippen LogP contribution in [0.1, 0.15) is 33.9 Å². The van der Waals surface area contributed by atoms with E-state index < -0.39 is 67.8 Å². The van der Waals surface area contributed by atoms with E-state index in [4.69, 9.17) is 18.5 Å². The summed E-state index contributed by atoms with van der Waals surface area (Å²) in [6, 6.07) is 7.71. The average Bonchev–Trinajstić information content (AvgIpc) is 3.16. The van der Waals surface area contributed by atoms with Crippen molar-refractivity contribution in [3.8, 4) is 17.1 Å². The number of hydrogen-bond donors (Lipinski definition) is 3. The summed E-state index contributed by atoms with van der Waals surface area (Å²) in [6.07, 6.45) is -1.19. The summed E-state index contributed by atoms with van der Waals surface area (Å²) in [5.74, 6) is -0.208. The lowest BCUT2D eigenvalue weighted by Crippen LogP contribution is -2.43. The van der Waals surface area contributed by atoms with Gasteiger partial charge in [0.05, 0.1) is 12.7 Å². The summed E-state index contributed by atoms with van der Waals surface area (Å²) >= 11 is 0. The first-order valence-electron chi connectivity index (χ1n) is 12.9. The third kappa shape index (κ3) is 7.17. The molecule has 14 nitrogen and oxygen atoms in total. The number of esters is 1. The number of halogens is 1. The minimum absolute atomic E-state index is 0.0795. The molecule has 0 aliphatic carbocycles. The monoisotopic (exact) mass is 607 g/mol. The molecule has 0 bridgehead atoms. The number of benzene rings is 1. The van der Waals surface area contributed by atoms with Gasteiger partial charge < -0.3 is 19.1 Å². The highest BCUT2D eigenvalue weighted by molar-refractivity contribution is 7.52. The van der Waals surface area contributed by atoms with Gasteiger partial charge in [0.2, 0.25) is 0 Å². The molecule has 3 aromatic rings. The molecule has 1 fully saturated rings. The van der Waals surface area contributed by atoms with Crippen LogP contribution in [0, 0.1) is 0 Å². The Morgan fingerprint density at radius 3 is 2.50 bits per heavy atom. The quantitative estimate of drug-likeness (QED) is 0.213. The van der Waals surface area contributed by atoms with Gasteiger partial charge >= 0.3 is 19.4 Å². The van der Waals surface area contributed by atoms with Crippen molar-refractivity contribution in [2.75, 3.05) is 6.61 Å². The summed E-state index contributed by atoms with van der Waals surface area (Å²) in [6.45, 7) is 5.01. The highest BCUT2D eigenvalue weighted by atomic mass is 31.2. The lowest BCUT2D eigenvalue weighted by Gasteiger charge is -2.25. The fourth-order valence-corrected chi connectivity index (χ4v) is 5.60. The molecule has 0 spiro atoms. The molecular weight excluding hydrogens is 576 g/mol. The zero-order chi connectivity index (χ0) is 30.7. The van der Waals surface area contributed by atoms with Crippen molar-refractivity contribution < 1.29 is 37.4 Å². The van der Waals surface area contributed by atoms with Crippen molar-refractivity contribution in [1.82, 2.24) is 24.6 Å². The lowest BCUT2D eigenvalue weighted by atomic mass is 9.98. The van der Waals surface area contributed by atoms with Gasteiger partial charge in [-0.2, -0.15) is 5.09 Å². The van der Waals surface area contributed by atoms with E-state index in [2.05, 4.69) is 15.1 Å². The molecule has 42 heavy (non-hydrogen) atoms. The predicted octanol–water partition coefficient (Wildman–Crippen LogP) is 2.11. The Morgan fingerprint density at radius 2 is 1.88 bits per heavy atom. The highest BCUT2D eigenvalue weighted by Gasteiger charge is 2.56. The van der Waals surface area contributed by atoms with E-state index in [1.807, 2.05) is 4.98 Å². The van der Waals surface area contributed by atoms with Crippen LogP contribution in [0.2, 0.25) is 0 Å². The molecule has 2 aromatic heterocycles. The zero-order valence-corrected chi connectivity index (χ0v) is 24.1. The van der Waals surface area contributed by atoms with Gasteiger partial charge in [0.1, 0.15) is 24.0 Å². The Labute approximate surface area is 239 Å². The Kier molecular flexibility index (Phi) is 9.38. The van der Waals surface area contributed by atoms with E-state index in [9.17, 15) is 24.1 Å². The third-order valence-corrected chi connectivity index (χ3v) is 7.83. The van der Waals surface area contributed by atoms with Crippen molar-refractivity contribution >= 4 is 13.7 Å². The second kappa shape index (κ2) is 12.6. The van der Waals surface area contributed by atoms with Crippen molar-refractivity contribution in [2.24, 2.45) is 0 Å². The fourth-order valence-electron chi connectivity index (χ4n) is 4.10. The summed E-state index contributed by atoms with van der Waals surface area (Å²) < 4.78 is 52.2. The summed E-state index contributed by atoms with van der Waals surface area (Å²) in [4.78, 5) is 46.4. The van der Waals surface area contributed by atoms with Gasteiger partial charge in [-0.05, 0) is 58.0 Å². The number of aromatic nitrogens is 4. The Bertz CT molecular complexity index is 1550. The minimum atomic E-state index is -4.42. The topological polar surface area (TPSA) is 184 Å². The fraction of sp³-hybridized carbons (Fsp3) is 0.423. The number of aliphatic hydroxyl groups excluding tert-OH is 1. The van der Waals surface area contributed by atoms with Crippen molar-refractivity contribution in [1.29, 1.82) is 0 Å². The average molecular weight is 608 g/mol. The minimum Gasteiger partial charge on any atom is -0.462 e. The molecule has 3 N–H and O–H groups in total. The van der Waals surface area contributed by atoms with Crippen LogP contribution in [0.25, 0.3) is 11.4 Å². The van der Waals surface area contributed by atoms with Crippen LogP contribution in [-0.2, 0) is 23.4 Å². The zero-order valence-electron chi connectivity index (χ0n) is 23.2. The van der Waals surface area contributed by atoms with E-state index in [1.165, 1.54) is 19.1 Å². The number of nitrogens with one attached hydrogen (secondary N) is 2. The van der Waals surface area contributed by atoms with Crippen LogP contribution in [0.4, 0.5) is 4.39 Å². The van der Waals surface area contributed by atoms with Gasteiger partial charge in [-0.1, -0.05) is 0 Å². The molecule has 226 valence electrons. The molecule has 6 unspecified atom stereocenters. The second-order valence-corrected chi connectivity index (χ2v) is 11.7. The van der Waals surface area contributed by atoms with Crippen molar-refractivity contribution in [3.63, 3.8) is 0 Å². The number of alkyl halides is 1. The van der Waals surface area contributed by atoms with Crippen molar-refractivity contribution in [3.05, 3.63) is 75.8 Å². The first-order chi connectivity index (χ1) is 19.8. The maximum absolute atomic E-state index is 15.6. The Morgan fingerprint density at radius 1 is 1.21 bits per heavy atom. The van der Waals surface area contributed by atoms with E-state index in [0.29, 0.717) is 11.4 Å². The number of aromatic amines is 1. The SMILES string of the molecule is CC(C)OC(=O)C(C)NP(=O)(OCC1OC(n2ccc(=O)[nH]c2=O)C(C)(F)C1O)Oc1ccc(-c2ncccn2)cc1. The van der Waals surface area contributed by atoms with E-state index in [1.54, 1.807) is 44.4 Å². The first kappa shape index (κ1) is 31.2. The van der Waals surface area contributed by atoms with Crippen LogP contribution in [0.5, 0.6) is 5.75 Å². The lowest BCUT2D eigenvalue weighted by molar-refractivity contribution is -0.149. The van der Waals surface area contributed by atoms with Gasteiger partial charge in [-0.3, -0.25) is 23.7 Å². The maximum Gasteiger partial charge on any atom is 0.459 e. The second-order valence-electron chi connectivity index (χ2n) is 9.96. The van der Waals surface area contributed by atoms with Crippen LogP contribution in [0.15, 0.2) is 64.6 Å². The molecule has 1 aliphatic heterocycles. The largest absolute Gasteiger partial charge is 0.462 e. The van der Waals surface area contributed by atoms with Crippen LogP contribution < -0.4 is 20.9 Å². The molecule has 1 aromatic carbocycles. The number of rotatable bonds is 11. The molecule has 1 saturated heterocycles. The Balaban J connectivity index is 1.54. The van der Waals surface area contributed by atoms with Crippen molar-refractivity contribution in [2.45, 2.75) is 63.9 Å². The maximum atomic E-state index is 15.6. The van der Waals surface area contributed by atoms with Crippen LogP contribution in [-0.4, -0.2) is 67.2 Å². The van der Waals surface area contributed by atoms with E-state index in [-0.39, 0.29) is 5.75 Å². The Hall–Kier alpha value is -3.75. The predicted molar refractivity (Wildman–Crippen MR) is 146 cm³/mol. The molecule has 0 saturated carbocycles. The van der Waals surface area contributed by atoms with E-state index in [0.717, 1.165) is 23.8 Å². The number of H-pyrrole nitrogens is 1. The van der Waals surface area contributed by atoms with Crippen LogP contribution >= 0.6 is 7.75 Å². The number of nitrogens with zero attached hydrogens (tertiary/aromatic N) is 3. The number of carbonyl (C=O) groups is 1. The molecule has 16 heteroatoms. The van der Waals surface area contributed by atoms with Gasteiger partial charge in [0, 0.05) is 30.2 Å². The molecule has 0 radical (unpaired) electrons. The van der Waals surface area contributed by atoms with Crippen LogP contribution in [0.3, 0.4) is 0 Å². The van der Waals surface area contributed by atoms with Gasteiger partial charge in [0.25, 0.3) is 5.56 Å². The first-order valence-corrected chi connectivity index (χ1v) is 14.5. The number of aliphatic hydroxyl groups is 1. The molecular formula is C26H31FN5O9P. The van der Waals surface area contributed by atoms with Gasteiger partial charge in [0.15, 0.2) is 17.7 Å². The number of carbonyl (C=O) groups excluding carboxylic acids is 1. The molecule has 3 heterocycles. The smallest absolute Gasteiger partial charge is 0.459 e. The number of ether oxygens (including phenoxy) is 2. The summed E-state index contributed by atoms with van der Waals surface area (Å²) in [5, 5.41) is 13.2.